The van der Waals surface area contributed by atoms with Crippen LogP contribution in [0.5, 0.6) is 5.88 Å². The summed E-state index contributed by atoms with van der Waals surface area (Å²) >= 11 is 0. The average Bonchev–Trinajstić information content (AvgIpc) is 2.92. The minimum Gasteiger partial charge on any atom is -0.481 e. The van der Waals surface area contributed by atoms with Crippen LogP contribution in [0.15, 0.2) is 30.5 Å². The Hall–Kier alpha value is -2.69. The minimum atomic E-state index is -0.277. The first-order chi connectivity index (χ1) is 11.1. The lowest BCUT2D eigenvalue weighted by Gasteiger charge is -2.08. The Kier molecular flexibility index (Phi) is 3.86. The zero-order valence-corrected chi connectivity index (χ0v) is 13.2. The lowest BCUT2D eigenvalue weighted by molar-refractivity contribution is 0.101. The Morgan fingerprint density at radius 3 is 2.83 bits per heavy atom. The molecule has 1 aromatic carbocycles. The number of methoxy groups -OCH3 is 1. The van der Waals surface area contributed by atoms with Gasteiger partial charge in [0.25, 0.3) is 0 Å². The molecule has 3 aromatic rings. The van der Waals surface area contributed by atoms with E-state index in [4.69, 9.17) is 4.74 Å². The molecule has 0 saturated heterocycles. The largest absolute Gasteiger partial charge is 0.481 e. The maximum atomic E-state index is 14.1. The third-order valence-corrected chi connectivity index (χ3v) is 3.93. The van der Waals surface area contributed by atoms with E-state index in [1.165, 1.54) is 20.1 Å². The fourth-order valence-corrected chi connectivity index (χ4v) is 2.82. The molecule has 0 radical (unpaired) electrons. The standard InChI is InChI=1S/C18H17FN2O2/c1-4-11-8-13-15(9-14(11)19)21-17(10(2)22)16(13)12-6-5-7-20-18(12)23-3/h5-9,21H,4H2,1-3H3. The number of nitrogens with one attached hydrogen (secondary N) is 1. The maximum absolute atomic E-state index is 14.1. The number of rotatable bonds is 4. The van der Waals surface area contributed by atoms with Crippen molar-refractivity contribution in [3.05, 3.63) is 47.5 Å². The molecule has 0 aliphatic carbocycles. The van der Waals surface area contributed by atoms with Crippen molar-refractivity contribution in [2.45, 2.75) is 20.3 Å². The number of hydrogen-bond acceptors (Lipinski definition) is 3. The van der Waals surface area contributed by atoms with Crippen molar-refractivity contribution in [1.82, 2.24) is 9.97 Å². The lowest BCUT2D eigenvalue weighted by atomic mass is 9.99. The van der Waals surface area contributed by atoms with E-state index in [0.717, 1.165) is 5.39 Å². The summed E-state index contributed by atoms with van der Waals surface area (Å²) in [6.07, 6.45) is 2.20. The summed E-state index contributed by atoms with van der Waals surface area (Å²) in [5.41, 5.74) is 3.03. The number of fused-ring (bicyclic) bond motifs is 1. The van der Waals surface area contributed by atoms with Gasteiger partial charge in [0.1, 0.15) is 5.82 Å². The number of benzene rings is 1. The summed E-state index contributed by atoms with van der Waals surface area (Å²) in [6, 6.07) is 6.85. The maximum Gasteiger partial charge on any atom is 0.221 e. The van der Waals surface area contributed by atoms with Gasteiger partial charge in [-0.25, -0.2) is 9.37 Å². The van der Waals surface area contributed by atoms with Crippen molar-refractivity contribution in [1.29, 1.82) is 0 Å². The molecule has 0 fully saturated rings. The molecule has 118 valence electrons. The molecule has 4 nitrogen and oxygen atoms in total. The van der Waals surface area contributed by atoms with E-state index in [0.29, 0.717) is 40.2 Å². The van der Waals surface area contributed by atoms with Gasteiger partial charge in [0.2, 0.25) is 5.88 Å². The van der Waals surface area contributed by atoms with E-state index in [9.17, 15) is 9.18 Å². The van der Waals surface area contributed by atoms with Gasteiger partial charge in [-0.05, 0) is 36.2 Å². The van der Waals surface area contributed by atoms with Gasteiger partial charge in [-0.3, -0.25) is 4.79 Å². The number of halogens is 1. The van der Waals surface area contributed by atoms with Crippen molar-refractivity contribution in [2.75, 3.05) is 7.11 Å². The minimum absolute atomic E-state index is 0.124. The number of aromatic amines is 1. The van der Waals surface area contributed by atoms with Crippen LogP contribution < -0.4 is 4.74 Å². The molecule has 2 heterocycles. The van der Waals surface area contributed by atoms with E-state index in [-0.39, 0.29) is 11.6 Å². The molecule has 0 bridgehead atoms. The molecule has 0 aliphatic rings. The Bertz CT molecular complexity index is 899. The van der Waals surface area contributed by atoms with Crippen molar-refractivity contribution < 1.29 is 13.9 Å². The quantitative estimate of drug-likeness (QED) is 0.737. The van der Waals surface area contributed by atoms with E-state index in [1.807, 2.05) is 13.0 Å². The van der Waals surface area contributed by atoms with Gasteiger partial charge in [-0.2, -0.15) is 0 Å². The van der Waals surface area contributed by atoms with Gasteiger partial charge in [0.05, 0.1) is 12.8 Å². The van der Waals surface area contributed by atoms with Crippen LogP contribution in [-0.4, -0.2) is 22.9 Å². The van der Waals surface area contributed by atoms with Crippen molar-refractivity contribution >= 4 is 16.7 Å². The third-order valence-electron chi connectivity index (χ3n) is 3.93. The molecule has 0 atom stereocenters. The molecule has 3 rings (SSSR count). The van der Waals surface area contributed by atoms with Crippen LogP contribution in [0, 0.1) is 5.82 Å². The van der Waals surface area contributed by atoms with Gasteiger partial charge in [-0.15, -0.1) is 0 Å². The fraction of sp³-hybridized carbons (Fsp3) is 0.222. The van der Waals surface area contributed by atoms with Crippen LogP contribution in [0.3, 0.4) is 0 Å². The fourth-order valence-electron chi connectivity index (χ4n) is 2.82. The second-order valence-electron chi connectivity index (χ2n) is 5.33. The van der Waals surface area contributed by atoms with E-state index in [1.54, 1.807) is 18.3 Å². The SMILES string of the molecule is CCc1cc2c(-c3cccnc3OC)c(C(C)=O)[nH]c2cc1F. The molecular formula is C18H17FN2O2. The summed E-state index contributed by atoms with van der Waals surface area (Å²) in [5, 5.41) is 0.791. The van der Waals surface area contributed by atoms with Crippen LogP contribution in [0.2, 0.25) is 0 Å². The smallest absolute Gasteiger partial charge is 0.221 e. The average molecular weight is 312 g/mol. The predicted molar refractivity (Wildman–Crippen MR) is 87.4 cm³/mol. The van der Waals surface area contributed by atoms with Gasteiger partial charge in [0, 0.05) is 35.2 Å². The predicted octanol–water partition coefficient (Wildman–Crippen LogP) is 4.14. The number of carbonyl (C=O) groups excluding carboxylic acids is 1. The Balaban J connectivity index is 2.41. The van der Waals surface area contributed by atoms with Crippen LogP contribution in [0.25, 0.3) is 22.0 Å². The van der Waals surface area contributed by atoms with Crippen LogP contribution >= 0.6 is 0 Å². The molecule has 23 heavy (non-hydrogen) atoms. The second kappa shape index (κ2) is 5.83. The third kappa shape index (κ3) is 2.48. The zero-order chi connectivity index (χ0) is 16.6. The number of aryl methyl sites for hydroxylation is 1. The summed E-state index contributed by atoms with van der Waals surface area (Å²) in [4.78, 5) is 19.3. The summed E-state index contributed by atoms with van der Waals surface area (Å²) in [7, 11) is 1.53. The highest BCUT2D eigenvalue weighted by Crippen LogP contribution is 2.38. The number of ether oxygens (including phenoxy) is 1. The topological polar surface area (TPSA) is 55.0 Å². The highest BCUT2D eigenvalue weighted by atomic mass is 19.1. The van der Waals surface area contributed by atoms with Crippen molar-refractivity contribution in [3.63, 3.8) is 0 Å². The molecule has 1 N–H and O–H groups in total. The molecule has 0 saturated carbocycles. The monoisotopic (exact) mass is 312 g/mol. The highest BCUT2D eigenvalue weighted by molar-refractivity contribution is 6.10. The molecule has 0 spiro atoms. The summed E-state index contributed by atoms with van der Waals surface area (Å²) in [5.74, 6) is 0.0277. The van der Waals surface area contributed by atoms with E-state index in [2.05, 4.69) is 9.97 Å². The van der Waals surface area contributed by atoms with Gasteiger partial charge in [-0.1, -0.05) is 6.92 Å². The Morgan fingerprint density at radius 1 is 1.39 bits per heavy atom. The summed E-state index contributed by atoms with van der Waals surface area (Å²) < 4.78 is 19.4. The zero-order valence-electron chi connectivity index (χ0n) is 13.2. The van der Waals surface area contributed by atoms with Crippen molar-refractivity contribution in [2.24, 2.45) is 0 Å². The van der Waals surface area contributed by atoms with Gasteiger partial charge >= 0.3 is 0 Å². The van der Waals surface area contributed by atoms with Gasteiger partial charge in [0.15, 0.2) is 5.78 Å². The molecule has 5 heteroatoms. The Morgan fingerprint density at radius 2 is 2.17 bits per heavy atom. The molecule has 2 aromatic heterocycles. The van der Waals surface area contributed by atoms with E-state index < -0.39 is 0 Å². The van der Waals surface area contributed by atoms with Crippen molar-refractivity contribution in [3.8, 4) is 17.0 Å². The first-order valence-corrected chi connectivity index (χ1v) is 7.41. The normalized spacial score (nSPS) is 11.0. The van der Waals surface area contributed by atoms with Crippen LogP contribution in [0.1, 0.15) is 29.9 Å². The van der Waals surface area contributed by atoms with Gasteiger partial charge < -0.3 is 9.72 Å². The number of hydrogen-bond donors (Lipinski definition) is 1. The number of pyridine rings is 1. The number of H-pyrrole nitrogens is 1. The Labute approximate surface area is 133 Å². The first-order valence-electron chi connectivity index (χ1n) is 7.41. The lowest BCUT2D eigenvalue weighted by Crippen LogP contribution is -1.97. The molecule has 0 unspecified atom stereocenters. The summed E-state index contributed by atoms with van der Waals surface area (Å²) in [6.45, 7) is 3.38. The molecular weight excluding hydrogens is 295 g/mol. The molecule has 0 aliphatic heterocycles. The number of Topliss-reactive ketones (excluding diaryl/α,β-unsaturated/α-hetero) is 1. The first kappa shape index (κ1) is 15.2. The highest BCUT2D eigenvalue weighted by Gasteiger charge is 2.21. The number of ketones is 1. The number of nitrogens with zero attached hydrogens (tertiary/aromatic N) is 1. The van der Waals surface area contributed by atoms with Crippen LogP contribution in [-0.2, 0) is 6.42 Å². The second-order valence-corrected chi connectivity index (χ2v) is 5.33. The van der Waals surface area contributed by atoms with Crippen LogP contribution in [0.4, 0.5) is 4.39 Å². The van der Waals surface area contributed by atoms with E-state index >= 15 is 0 Å². The number of aromatic nitrogens is 2. The number of carbonyl (C=O) groups is 1. The molecule has 0 amide bonds.